The lowest BCUT2D eigenvalue weighted by Gasteiger charge is -2.12. The second kappa shape index (κ2) is 6.15. The average Bonchev–Trinajstić information content (AvgIpc) is 2.86. The van der Waals surface area contributed by atoms with Crippen LogP contribution in [0.4, 0.5) is 0 Å². The number of ketones is 1. The zero-order valence-electron chi connectivity index (χ0n) is 11.9. The van der Waals surface area contributed by atoms with Crippen LogP contribution in [0.15, 0.2) is 6.20 Å². The molecule has 0 radical (unpaired) electrons. The minimum absolute atomic E-state index is 0.233. The molecule has 4 nitrogen and oxygen atoms in total. The van der Waals surface area contributed by atoms with E-state index in [9.17, 15) is 4.79 Å². The maximum absolute atomic E-state index is 12.1. The lowest BCUT2D eigenvalue weighted by atomic mass is 9.98. The Bertz CT molecular complexity index is 465. The van der Waals surface area contributed by atoms with Crippen molar-refractivity contribution in [3.05, 3.63) is 23.0 Å². The number of aryl methyl sites for hydroxylation is 1. The van der Waals surface area contributed by atoms with Gasteiger partial charge in [0.2, 0.25) is 0 Å². The molecule has 1 aliphatic rings. The second-order valence-corrected chi connectivity index (χ2v) is 5.20. The molecule has 0 saturated carbocycles. The van der Waals surface area contributed by atoms with Crippen molar-refractivity contribution in [1.82, 2.24) is 4.98 Å². The van der Waals surface area contributed by atoms with Crippen LogP contribution in [-0.4, -0.2) is 31.1 Å². The van der Waals surface area contributed by atoms with Crippen LogP contribution < -0.4 is 4.74 Å². The minimum Gasteiger partial charge on any atom is -0.496 e. The second-order valence-electron chi connectivity index (χ2n) is 5.20. The number of carbonyl (C=O) groups excluding carboxylic acids is 1. The van der Waals surface area contributed by atoms with E-state index in [0.29, 0.717) is 18.8 Å². The summed E-state index contributed by atoms with van der Waals surface area (Å²) in [6, 6.07) is 0. The van der Waals surface area contributed by atoms with Crippen molar-refractivity contribution in [2.45, 2.75) is 33.1 Å². The monoisotopic (exact) mass is 263 g/mol. The van der Waals surface area contributed by atoms with Gasteiger partial charge in [0.1, 0.15) is 11.5 Å². The number of methoxy groups -OCH3 is 1. The highest BCUT2D eigenvalue weighted by atomic mass is 16.5. The Balaban J connectivity index is 2.04. The molecule has 1 saturated heterocycles. The fraction of sp³-hybridized carbons (Fsp3) is 0.600. The topological polar surface area (TPSA) is 48.4 Å². The van der Waals surface area contributed by atoms with Crippen molar-refractivity contribution in [3.63, 3.8) is 0 Å². The van der Waals surface area contributed by atoms with Gasteiger partial charge in [-0.05, 0) is 26.2 Å². The molecule has 1 aliphatic heterocycles. The maximum atomic E-state index is 12.1. The first-order valence-corrected chi connectivity index (χ1v) is 6.70. The third-order valence-corrected chi connectivity index (χ3v) is 3.65. The van der Waals surface area contributed by atoms with Crippen LogP contribution in [0.2, 0.25) is 0 Å². The number of carbonyl (C=O) groups is 1. The molecule has 1 fully saturated rings. The molecule has 0 N–H and O–H groups in total. The Morgan fingerprint density at radius 1 is 1.53 bits per heavy atom. The number of rotatable bonds is 5. The van der Waals surface area contributed by atoms with Crippen LogP contribution in [0.1, 0.15) is 29.7 Å². The largest absolute Gasteiger partial charge is 0.496 e. The summed E-state index contributed by atoms with van der Waals surface area (Å²) in [6.07, 6.45) is 3.75. The van der Waals surface area contributed by atoms with Gasteiger partial charge in [0.25, 0.3) is 0 Å². The Labute approximate surface area is 114 Å². The van der Waals surface area contributed by atoms with Gasteiger partial charge in [-0.2, -0.15) is 0 Å². The summed E-state index contributed by atoms with van der Waals surface area (Å²) in [6.45, 7) is 5.42. The van der Waals surface area contributed by atoms with E-state index >= 15 is 0 Å². The first-order chi connectivity index (χ1) is 9.11. The summed E-state index contributed by atoms with van der Waals surface area (Å²) in [5.41, 5.74) is 2.80. The summed E-state index contributed by atoms with van der Waals surface area (Å²) in [4.78, 5) is 16.4. The lowest BCUT2D eigenvalue weighted by Crippen LogP contribution is -2.13. The highest BCUT2D eigenvalue weighted by molar-refractivity contribution is 5.81. The molecule has 104 valence electrons. The molecular weight excluding hydrogens is 242 g/mol. The minimum atomic E-state index is 0.233. The van der Waals surface area contributed by atoms with Gasteiger partial charge in [-0.15, -0.1) is 0 Å². The number of nitrogens with zero attached hydrogens (tertiary/aromatic N) is 1. The van der Waals surface area contributed by atoms with E-state index in [2.05, 4.69) is 4.98 Å². The number of hydrogen-bond acceptors (Lipinski definition) is 4. The quantitative estimate of drug-likeness (QED) is 0.817. The molecule has 4 heteroatoms. The predicted octanol–water partition coefficient (Wildman–Crippen LogP) is 2.25. The Kier molecular flexibility index (Phi) is 4.53. The van der Waals surface area contributed by atoms with Crippen LogP contribution in [-0.2, 0) is 16.0 Å². The molecule has 0 bridgehead atoms. The molecule has 0 aliphatic carbocycles. The molecule has 0 amide bonds. The third kappa shape index (κ3) is 3.32. The van der Waals surface area contributed by atoms with Gasteiger partial charge in [-0.25, -0.2) is 0 Å². The van der Waals surface area contributed by atoms with Crippen molar-refractivity contribution >= 4 is 5.78 Å². The SMILES string of the molecule is COc1c(C)cnc(CC(=O)CC2CCOC2)c1C. The molecule has 1 aromatic heterocycles. The van der Waals surface area contributed by atoms with E-state index in [-0.39, 0.29) is 5.78 Å². The molecule has 2 heterocycles. The van der Waals surface area contributed by atoms with Crippen LogP contribution in [0, 0.1) is 19.8 Å². The van der Waals surface area contributed by atoms with Crippen LogP contribution in [0.3, 0.4) is 0 Å². The number of ether oxygens (including phenoxy) is 2. The zero-order chi connectivity index (χ0) is 13.8. The van der Waals surface area contributed by atoms with Gasteiger partial charge in [-0.3, -0.25) is 9.78 Å². The number of hydrogen-bond donors (Lipinski definition) is 0. The molecule has 0 spiro atoms. The van der Waals surface area contributed by atoms with Crippen LogP contribution in [0.25, 0.3) is 0 Å². The number of aromatic nitrogens is 1. The van der Waals surface area contributed by atoms with Gasteiger partial charge in [0.05, 0.1) is 12.8 Å². The summed E-state index contributed by atoms with van der Waals surface area (Å²) in [7, 11) is 1.65. The van der Waals surface area contributed by atoms with Crippen molar-refractivity contribution < 1.29 is 14.3 Å². The van der Waals surface area contributed by atoms with E-state index in [4.69, 9.17) is 9.47 Å². The van der Waals surface area contributed by atoms with E-state index in [1.807, 2.05) is 13.8 Å². The molecule has 1 aromatic rings. The average molecular weight is 263 g/mol. The lowest BCUT2D eigenvalue weighted by molar-refractivity contribution is -0.119. The predicted molar refractivity (Wildman–Crippen MR) is 72.5 cm³/mol. The zero-order valence-corrected chi connectivity index (χ0v) is 11.9. The molecular formula is C15H21NO3. The summed E-state index contributed by atoms with van der Waals surface area (Å²) in [5, 5.41) is 0. The van der Waals surface area contributed by atoms with Crippen molar-refractivity contribution in [1.29, 1.82) is 0 Å². The van der Waals surface area contributed by atoms with Crippen molar-refractivity contribution in [3.8, 4) is 5.75 Å². The fourth-order valence-electron chi connectivity index (χ4n) is 2.57. The van der Waals surface area contributed by atoms with Crippen LogP contribution in [0.5, 0.6) is 5.75 Å². The van der Waals surface area contributed by atoms with Crippen LogP contribution >= 0.6 is 0 Å². The third-order valence-electron chi connectivity index (χ3n) is 3.65. The summed E-state index contributed by atoms with van der Waals surface area (Å²) in [5.74, 6) is 1.46. The van der Waals surface area contributed by atoms with E-state index in [1.54, 1.807) is 13.3 Å². The Morgan fingerprint density at radius 3 is 2.95 bits per heavy atom. The summed E-state index contributed by atoms with van der Waals surface area (Å²) < 4.78 is 10.7. The van der Waals surface area contributed by atoms with E-state index in [1.165, 1.54) is 0 Å². The van der Waals surface area contributed by atoms with E-state index < -0.39 is 0 Å². The van der Waals surface area contributed by atoms with Gasteiger partial charge in [0.15, 0.2) is 0 Å². The fourth-order valence-corrected chi connectivity index (χ4v) is 2.57. The standard InChI is InChI=1S/C15H21NO3/c1-10-8-16-14(11(2)15(10)18-3)7-13(17)6-12-4-5-19-9-12/h8,12H,4-7,9H2,1-3H3. The highest BCUT2D eigenvalue weighted by Crippen LogP contribution is 2.25. The first kappa shape index (κ1) is 14.0. The molecule has 19 heavy (non-hydrogen) atoms. The van der Waals surface area contributed by atoms with Gasteiger partial charge >= 0.3 is 0 Å². The smallest absolute Gasteiger partial charge is 0.139 e. The van der Waals surface area contributed by atoms with E-state index in [0.717, 1.165) is 42.2 Å². The Morgan fingerprint density at radius 2 is 2.32 bits per heavy atom. The van der Waals surface area contributed by atoms with Gasteiger partial charge in [-0.1, -0.05) is 0 Å². The van der Waals surface area contributed by atoms with Gasteiger partial charge < -0.3 is 9.47 Å². The highest BCUT2D eigenvalue weighted by Gasteiger charge is 2.20. The molecule has 2 rings (SSSR count). The molecule has 1 atom stereocenters. The number of pyridine rings is 1. The molecule has 0 aromatic carbocycles. The van der Waals surface area contributed by atoms with Gasteiger partial charge in [0, 0.05) is 43.4 Å². The molecule has 1 unspecified atom stereocenters. The van der Waals surface area contributed by atoms with Crippen molar-refractivity contribution in [2.24, 2.45) is 5.92 Å². The number of Topliss-reactive ketones (excluding diaryl/α,β-unsaturated/α-hetero) is 1. The maximum Gasteiger partial charge on any atom is 0.139 e. The normalized spacial score (nSPS) is 18.6. The summed E-state index contributed by atoms with van der Waals surface area (Å²) >= 11 is 0. The van der Waals surface area contributed by atoms with Crippen molar-refractivity contribution in [2.75, 3.05) is 20.3 Å². The Hall–Kier alpha value is -1.42. The first-order valence-electron chi connectivity index (χ1n) is 6.70.